The maximum absolute atomic E-state index is 12.8. The van der Waals surface area contributed by atoms with Gasteiger partial charge in [0.15, 0.2) is 0 Å². The Morgan fingerprint density at radius 1 is 0.821 bits per heavy atom. The van der Waals surface area contributed by atoms with E-state index in [9.17, 15) is 4.79 Å². The molecule has 3 nitrogen and oxygen atoms in total. The summed E-state index contributed by atoms with van der Waals surface area (Å²) < 4.78 is 0. The summed E-state index contributed by atoms with van der Waals surface area (Å²) in [6.45, 7) is 1.52. The number of hydrogen-bond acceptors (Lipinski definition) is 3. The summed E-state index contributed by atoms with van der Waals surface area (Å²) in [6.07, 6.45) is 5.19. The van der Waals surface area contributed by atoms with Crippen molar-refractivity contribution in [2.45, 2.75) is 22.6 Å². The van der Waals surface area contributed by atoms with E-state index in [2.05, 4.69) is 53.5 Å². The SMILES string of the molecule is O=C(c1ccncc1)N1CCC(=C2c3ccccc3Sc3ccccc32)CC1. The molecule has 0 spiro atoms. The van der Waals surface area contributed by atoms with Gasteiger partial charge in [-0.1, -0.05) is 53.7 Å². The lowest BCUT2D eigenvalue weighted by atomic mass is 9.88. The standard InChI is InChI=1S/C24H20N2OS/c27-24(18-9-13-25-14-10-18)26-15-11-17(12-16-26)23-19-5-1-3-7-21(19)28-22-8-4-2-6-20(22)23/h1-10,13-14H,11-12,15-16H2. The van der Waals surface area contributed by atoms with Crippen LogP contribution in [0, 0.1) is 0 Å². The molecule has 0 atom stereocenters. The molecule has 4 heteroatoms. The summed E-state index contributed by atoms with van der Waals surface area (Å²) in [5.41, 5.74) is 6.21. The van der Waals surface area contributed by atoms with Crippen molar-refractivity contribution in [3.63, 3.8) is 0 Å². The molecule has 2 aliphatic heterocycles. The lowest BCUT2D eigenvalue weighted by molar-refractivity contribution is 0.0743. The average molecular weight is 385 g/mol. The van der Waals surface area contributed by atoms with Crippen LogP contribution in [-0.2, 0) is 0 Å². The molecule has 0 unspecified atom stereocenters. The third kappa shape index (κ3) is 3.04. The van der Waals surface area contributed by atoms with Crippen molar-refractivity contribution in [1.82, 2.24) is 9.88 Å². The third-order valence-electron chi connectivity index (χ3n) is 5.47. The monoisotopic (exact) mass is 384 g/mol. The molecular formula is C24H20N2OS. The minimum absolute atomic E-state index is 0.103. The normalized spacial score (nSPS) is 15.8. The highest BCUT2D eigenvalue weighted by Gasteiger charge is 2.27. The minimum Gasteiger partial charge on any atom is -0.338 e. The molecule has 0 saturated carbocycles. The molecule has 0 N–H and O–H groups in total. The van der Waals surface area contributed by atoms with Crippen molar-refractivity contribution in [3.05, 3.63) is 95.3 Å². The number of fused-ring (bicyclic) bond motifs is 2. The number of hydrogen-bond donors (Lipinski definition) is 0. The Kier molecular flexibility index (Phi) is 4.49. The quantitative estimate of drug-likeness (QED) is 0.447. The van der Waals surface area contributed by atoms with E-state index >= 15 is 0 Å². The van der Waals surface area contributed by atoms with Gasteiger partial charge in [0, 0.05) is 40.8 Å². The molecular weight excluding hydrogens is 364 g/mol. The molecule has 1 amide bonds. The number of benzene rings is 2. The predicted octanol–water partition coefficient (Wildman–Crippen LogP) is 5.28. The van der Waals surface area contributed by atoms with E-state index in [0.29, 0.717) is 0 Å². The third-order valence-corrected chi connectivity index (χ3v) is 6.62. The molecule has 5 rings (SSSR count). The van der Waals surface area contributed by atoms with Crippen LogP contribution in [0.2, 0.25) is 0 Å². The molecule has 0 aliphatic carbocycles. The Hall–Kier alpha value is -2.85. The summed E-state index contributed by atoms with van der Waals surface area (Å²) in [6, 6.07) is 20.9. The summed E-state index contributed by atoms with van der Waals surface area (Å²) in [5.74, 6) is 0.103. The summed E-state index contributed by atoms with van der Waals surface area (Å²) in [7, 11) is 0. The maximum atomic E-state index is 12.8. The van der Waals surface area contributed by atoms with Crippen molar-refractivity contribution in [1.29, 1.82) is 0 Å². The topological polar surface area (TPSA) is 33.2 Å². The van der Waals surface area contributed by atoms with Gasteiger partial charge in [0.2, 0.25) is 0 Å². The van der Waals surface area contributed by atoms with Crippen LogP contribution in [0.15, 0.2) is 88.4 Å². The van der Waals surface area contributed by atoms with Gasteiger partial charge in [-0.2, -0.15) is 0 Å². The fourth-order valence-electron chi connectivity index (χ4n) is 4.08. The molecule has 1 aromatic heterocycles. The first-order valence-electron chi connectivity index (χ1n) is 9.59. The number of likely N-dealkylation sites (tertiary alicyclic amines) is 1. The van der Waals surface area contributed by atoms with Crippen molar-refractivity contribution in [3.8, 4) is 0 Å². The average Bonchev–Trinajstić information content (AvgIpc) is 2.77. The molecule has 2 aliphatic rings. The van der Waals surface area contributed by atoms with E-state index in [1.54, 1.807) is 24.5 Å². The van der Waals surface area contributed by atoms with Crippen molar-refractivity contribution in [2.24, 2.45) is 0 Å². The number of carbonyl (C=O) groups excluding carboxylic acids is 1. The first-order valence-corrected chi connectivity index (χ1v) is 10.4. The fraction of sp³-hybridized carbons (Fsp3) is 0.167. The van der Waals surface area contributed by atoms with Gasteiger partial charge in [0.05, 0.1) is 0 Å². The smallest absolute Gasteiger partial charge is 0.253 e. The Morgan fingerprint density at radius 3 is 2.00 bits per heavy atom. The van der Waals surface area contributed by atoms with Crippen LogP contribution in [0.1, 0.15) is 34.3 Å². The fourth-order valence-corrected chi connectivity index (χ4v) is 5.17. The highest BCUT2D eigenvalue weighted by Crippen LogP contribution is 2.47. The molecule has 1 fully saturated rings. The summed E-state index contributed by atoms with van der Waals surface area (Å²) >= 11 is 1.85. The first kappa shape index (κ1) is 17.3. The first-order chi connectivity index (χ1) is 13.8. The zero-order chi connectivity index (χ0) is 18.9. The largest absolute Gasteiger partial charge is 0.338 e. The molecule has 3 heterocycles. The van der Waals surface area contributed by atoms with E-state index in [1.807, 2.05) is 16.7 Å². The second-order valence-corrected chi connectivity index (χ2v) is 8.18. The number of aromatic nitrogens is 1. The van der Waals surface area contributed by atoms with E-state index in [-0.39, 0.29) is 5.91 Å². The highest BCUT2D eigenvalue weighted by molar-refractivity contribution is 7.99. The van der Waals surface area contributed by atoms with E-state index < -0.39 is 0 Å². The van der Waals surface area contributed by atoms with Crippen LogP contribution >= 0.6 is 11.8 Å². The van der Waals surface area contributed by atoms with E-state index in [4.69, 9.17) is 0 Å². The molecule has 1 saturated heterocycles. The van der Waals surface area contributed by atoms with Crippen LogP contribution in [0.3, 0.4) is 0 Å². The lowest BCUT2D eigenvalue weighted by Gasteiger charge is -2.32. The molecule has 0 bridgehead atoms. The second kappa shape index (κ2) is 7.28. The van der Waals surface area contributed by atoms with Gasteiger partial charge in [-0.25, -0.2) is 0 Å². The zero-order valence-corrected chi connectivity index (χ0v) is 16.3. The van der Waals surface area contributed by atoms with Gasteiger partial charge >= 0.3 is 0 Å². The van der Waals surface area contributed by atoms with Gasteiger partial charge in [-0.3, -0.25) is 9.78 Å². The van der Waals surface area contributed by atoms with Gasteiger partial charge in [0.1, 0.15) is 0 Å². The van der Waals surface area contributed by atoms with Gasteiger partial charge in [0.25, 0.3) is 5.91 Å². The number of carbonyl (C=O) groups is 1. The molecule has 3 aromatic rings. The lowest BCUT2D eigenvalue weighted by Crippen LogP contribution is -2.36. The molecule has 138 valence electrons. The maximum Gasteiger partial charge on any atom is 0.253 e. The number of amides is 1. The molecule has 2 aromatic carbocycles. The predicted molar refractivity (Wildman–Crippen MR) is 112 cm³/mol. The van der Waals surface area contributed by atoms with Crippen LogP contribution in [0.25, 0.3) is 5.57 Å². The number of pyridine rings is 1. The number of rotatable bonds is 1. The van der Waals surface area contributed by atoms with Crippen molar-refractivity contribution < 1.29 is 4.79 Å². The van der Waals surface area contributed by atoms with Crippen molar-refractivity contribution >= 4 is 23.2 Å². The Balaban J connectivity index is 1.48. The summed E-state index contributed by atoms with van der Waals surface area (Å²) in [5, 5.41) is 0. The Morgan fingerprint density at radius 2 is 1.39 bits per heavy atom. The number of piperidine rings is 1. The zero-order valence-electron chi connectivity index (χ0n) is 15.5. The van der Waals surface area contributed by atoms with Crippen LogP contribution in [-0.4, -0.2) is 28.9 Å². The minimum atomic E-state index is 0.103. The van der Waals surface area contributed by atoms with Crippen LogP contribution in [0.4, 0.5) is 0 Å². The van der Waals surface area contributed by atoms with E-state index in [0.717, 1.165) is 31.5 Å². The van der Waals surface area contributed by atoms with Gasteiger partial charge < -0.3 is 4.90 Å². The molecule has 28 heavy (non-hydrogen) atoms. The van der Waals surface area contributed by atoms with Gasteiger partial charge in [-0.05, 0) is 53.8 Å². The Bertz CT molecular complexity index is 1020. The van der Waals surface area contributed by atoms with Crippen molar-refractivity contribution in [2.75, 3.05) is 13.1 Å². The second-order valence-electron chi connectivity index (χ2n) is 7.10. The van der Waals surface area contributed by atoms with E-state index in [1.165, 1.54) is 32.1 Å². The van der Waals surface area contributed by atoms with Crippen LogP contribution in [0.5, 0.6) is 0 Å². The van der Waals surface area contributed by atoms with Gasteiger partial charge in [-0.15, -0.1) is 0 Å². The summed E-state index contributed by atoms with van der Waals surface area (Å²) in [4.78, 5) is 21.4. The molecule has 0 radical (unpaired) electrons. The Labute approximate surface area is 169 Å². The number of nitrogens with zero attached hydrogens (tertiary/aromatic N) is 2. The van der Waals surface area contributed by atoms with Crippen LogP contribution < -0.4 is 0 Å². The highest BCUT2D eigenvalue weighted by atomic mass is 32.2.